The lowest BCUT2D eigenvalue weighted by Gasteiger charge is -2.46. The van der Waals surface area contributed by atoms with E-state index in [2.05, 4.69) is 44.8 Å². The summed E-state index contributed by atoms with van der Waals surface area (Å²) in [6, 6.07) is 6.11. The number of amides is 2. The summed E-state index contributed by atoms with van der Waals surface area (Å²) in [6.45, 7) is 4.34. The van der Waals surface area contributed by atoms with E-state index in [9.17, 15) is 24.2 Å². The molecule has 0 aliphatic carbocycles. The van der Waals surface area contributed by atoms with Gasteiger partial charge in [-0.3, -0.25) is 25.2 Å². The highest BCUT2D eigenvalue weighted by Crippen LogP contribution is 2.43. The average Bonchev–Trinajstić information content (AvgIpc) is 3.40. The fraction of sp³-hybridized carbons (Fsp3) is 0.444. The predicted octanol–water partition coefficient (Wildman–Crippen LogP) is -3.43. The van der Waals surface area contributed by atoms with Gasteiger partial charge in [-0.15, -0.1) is 0 Å². The molecule has 1 aromatic carbocycles. The van der Waals surface area contributed by atoms with Crippen LogP contribution in [-0.2, 0) is 5.41 Å². The molecule has 222 valence electrons. The van der Waals surface area contributed by atoms with Crippen molar-refractivity contribution in [3.63, 3.8) is 0 Å². The smallest absolute Gasteiger partial charge is 0.343 e. The number of guanidine groups is 2. The quantitative estimate of drug-likeness (QED) is 0.129. The number of aromatic nitrogens is 1. The summed E-state index contributed by atoms with van der Waals surface area (Å²) < 4.78 is 19.4. The van der Waals surface area contributed by atoms with Crippen LogP contribution in [0.1, 0.15) is 46.7 Å². The van der Waals surface area contributed by atoms with Gasteiger partial charge in [0, 0.05) is 12.1 Å². The third kappa shape index (κ3) is 4.10. The number of benzene rings is 1. The van der Waals surface area contributed by atoms with Crippen LogP contribution in [0, 0.1) is 5.95 Å². The molecule has 0 radical (unpaired) electrons. The molecule has 1 aromatic heterocycles. The van der Waals surface area contributed by atoms with Crippen LogP contribution in [0.5, 0.6) is 5.75 Å². The highest BCUT2D eigenvalue weighted by atomic mass is 19.1. The second kappa shape index (κ2) is 9.52. The van der Waals surface area contributed by atoms with Gasteiger partial charge in [0.15, 0.2) is 12.0 Å². The fourth-order valence-electron chi connectivity index (χ4n) is 6.34. The van der Waals surface area contributed by atoms with Crippen LogP contribution in [0.4, 0.5) is 4.39 Å². The largest absolute Gasteiger partial charge is 0.492 e. The van der Waals surface area contributed by atoms with Gasteiger partial charge < -0.3 is 31.3 Å². The molecule has 1 unspecified atom stereocenters. The third-order valence-corrected chi connectivity index (χ3v) is 8.57. The van der Waals surface area contributed by atoms with Gasteiger partial charge >= 0.3 is 5.96 Å². The number of nitrogens with zero attached hydrogens (tertiary/aromatic N) is 3. The number of aliphatic imine (C=N–C) groups is 1. The Morgan fingerprint density at radius 3 is 2.74 bits per heavy atom. The summed E-state index contributed by atoms with van der Waals surface area (Å²) in [5.41, 5.74) is 11.5. The first-order valence-electron chi connectivity index (χ1n) is 13.6. The maximum atomic E-state index is 13.6. The van der Waals surface area contributed by atoms with Gasteiger partial charge in [0.25, 0.3) is 17.5 Å². The van der Waals surface area contributed by atoms with Crippen molar-refractivity contribution in [3.05, 3.63) is 59.2 Å². The maximum Gasteiger partial charge on any atom is 0.343 e. The van der Waals surface area contributed by atoms with Crippen molar-refractivity contribution >= 4 is 23.7 Å². The minimum Gasteiger partial charge on any atom is -0.492 e. The normalized spacial score (nSPS) is 28.2. The minimum atomic E-state index is -2.64. The SMILES string of the molecule is CC1(C)CCOc2c(C(=O)NC3CN4C(N)=N[C@@H](CNC(=O)c5cccc(F)n5)[C@@H]5[NH+]=C(N)N[C@@]54C3(O)O)cccc21. The molecule has 1 saturated heterocycles. The standard InChI is InChI=1S/C27H32FN9O5/c1-25(2)9-10-42-19-13(5-3-6-14(19)25)21(38)34-17-12-37-24(30)33-16(11-31-22(39)15-7-4-8-18(28)32-15)20-26(37,27(17,40)41)36-23(29)35-20/h3-8,16-17,20,40-41H,9-12H2,1-2H3,(H2,30,33)(H,31,39)(H,34,38)(H3,29,35,36)/p+1/t16-,17?,20-,26-/m0/s1. The van der Waals surface area contributed by atoms with Crippen molar-refractivity contribution in [2.24, 2.45) is 16.5 Å². The molecule has 5 heterocycles. The second-order valence-electron chi connectivity index (χ2n) is 11.6. The topological polar surface area (TPSA) is 214 Å². The molecule has 15 heteroatoms. The molecule has 1 fully saturated rings. The van der Waals surface area contributed by atoms with E-state index in [0.717, 1.165) is 18.1 Å². The number of pyridine rings is 1. The van der Waals surface area contributed by atoms with E-state index in [1.165, 1.54) is 17.0 Å². The number of para-hydroxylation sites is 1. The van der Waals surface area contributed by atoms with Gasteiger partial charge in [0.05, 0.1) is 18.7 Å². The number of rotatable bonds is 5. The molecule has 42 heavy (non-hydrogen) atoms. The van der Waals surface area contributed by atoms with Crippen molar-refractivity contribution < 1.29 is 33.9 Å². The lowest BCUT2D eigenvalue weighted by Crippen LogP contribution is -2.90. The molecular weight excluding hydrogens is 549 g/mol. The number of carbonyl (C=O) groups excluding carboxylic acids is 2. The first kappa shape index (κ1) is 27.7. The molecule has 14 nitrogen and oxygen atoms in total. The first-order chi connectivity index (χ1) is 19.8. The van der Waals surface area contributed by atoms with Crippen LogP contribution in [0.2, 0.25) is 0 Å². The highest BCUT2D eigenvalue weighted by Gasteiger charge is 2.76. The number of ether oxygens (including phenoxy) is 1. The van der Waals surface area contributed by atoms with Crippen LogP contribution in [0.25, 0.3) is 0 Å². The Bertz CT molecular complexity index is 1530. The number of fused-ring (bicyclic) bond motifs is 1. The number of nitrogens with two attached hydrogens (primary N) is 2. The van der Waals surface area contributed by atoms with Gasteiger partial charge in [0.1, 0.15) is 23.5 Å². The van der Waals surface area contributed by atoms with E-state index in [1.807, 2.05) is 6.07 Å². The van der Waals surface area contributed by atoms with Crippen molar-refractivity contribution in [3.8, 4) is 5.75 Å². The summed E-state index contributed by atoms with van der Waals surface area (Å²) in [4.78, 5) is 38.7. The molecule has 0 saturated carbocycles. The molecule has 2 aromatic rings. The summed E-state index contributed by atoms with van der Waals surface area (Å²) in [6.07, 6.45) is 0.790. The van der Waals surface area contributed by atoms with Gasteiger partial charge in [-0.25, -0.2) is 15.3 Å². The number of carbonyl (C=O) groups is 2. The van der Waals surface area contributed by atoms with Gasteiger partial charge in [-0.05, 0) is 30.0 Å². The Balaban J connectivity index is 1.26. The summed E-state index contributed by atoms with van der Waals surface area (Å²) in [5, 5.41) is 31.7. The molecule has 6 rings (SSSR count). The number of aliphatic hydroxyl groups is 2. The van der Waals surface area contributed by atoms with Crippen LogP contribution in [-0.4, -0.2) is 93.1 Å². The average molecular weight is 583 g/mol. The lowest BCUT2D eigenvalue weighted by molar-refractivity contribution is -0.521. The Hall–Kier alpha value is -4.50. The number of halogens is 1. The van der Waals surface area contributed by atoms with Crippen molar-refractivity contribution in [1.82, 2.24) is 25.8 Å². The van der Waals surface area contributed by atoms with E-state index in [0.29, 0.717) is 12.4 Å². The zero-order chi connectivity index (χ0) is 30.0. The summed E-state index contributed by atoms with van der Waals surface area (Å²) >= 11 is 0. The van der Waals surface area contributed by atoms with E-state index in [-0.39, 0.29) is 41.7 Å². The molecule has 4 atom stereocenters. The van der Waals surface area contributed by atoms with Crippen LogP contribution >= 0.6 is 0 Å². The Labute approximate surface area is 240 Å². The summed E-state index contributed by atoms with van der Waals surface area (Å²) in [7, 11) is 0. The van der Waals surface area contributed by atoms with Gasteiger partial charge in [0.2, 0.25) is 11.7 Å². The molecular formula is C27H33FN9O5+. The number of hydrogen-bond acceptors (Lipinski definition) is 11. The lowest BCUT2D eigenvalue weighted by atomic mass is 9.79. The number of nitrogens with one attached hydrogen (secondary N) is 4. The molecule has 1 spiro atoms. The maximum absolute atomic E-state index is 13.6. The van der Waals surface area contributed by atoms with Crippen LogP contribution in [0.3, 0.4) is 0 Å². The Morgan fingerprint density at radius 1 is 1.21 bits per heavy atom. The van der Waals surface area contributed by atoms with Gasteiger partial charge in [-0.2, -0.15) is 4.39 Å². The zero-order valence-electron chi connectivity index (χ0n) is 23.0. The molecule has 4 aliphatic rings. The van der Waals surface area contributed by atoms with E-state index < -0.39 is 47.3 Å². The molecule has 0 bridgehead atoms. The van der Waals surface area contributed by atoms with Crippen LogP contribution in [0.15, 0.2) is 41.4 Å². The Kier molecular flexibility index (Phi) is 6.27. The van der Waals surface area contributed by atoms with Crippen molar-refractivity contribution in [1.29, 1.82) is 0 Å². The van der Waals surface area contributed by atoms with Crippen molar-refractivity contribution in [2.75, 3.05) is 19.7 Å². The minimum absolute atomic E-state index is 0.0187. The van der Waals surface area contributed by atoms with E-state index in [1.54, 1.807) is 12.1 Å². The van der Waals surface area contributed by atoms with E-state index >= 15 is 0 Å². The predicted molar refractivity (Wildman–Crippen MR) is 146 cm³/mol. The molecule has 4 aliphatic heterocycles. The second-order valence-corrected chi connectivity index (χ2v) is 11.6. The first-order valence-corrected chi connectivity index (χ1v) is 13.6. The monoisotopic (exact) mass is 582 g/mol. The molecule has 10 N–H and O–H groups in total. The molecule has 2 amide bonds. The van der Waals surface area contributed by atoms with Crippen LogP contribution < -0.4 is 37.1 Å². The fourth-order valence-corrected chi connectivity index (χ4v) is 6.34. The summed E-state index contributed by atoms with van der Waals surface area (Å²) in [5.74, 6) is -4.24. The van der Waals surface area contributed by atoms with Crippen molar-refractivity contribution in [2.45, 2.75) is 55.3 Å². The Morgan fingerprint density at radius 2 is 1.98 bits per heavy atom. The highest BCUT2D eigenvalue weighted by molar-refractivity contribution is 5.98. The number of hydrogen-bond donors (Lipinski definition) is 8. The van der Waals surface area contributed by atoms with Gasteiger partial charge in [-0.1, -0.05) is 32.0 Å². The zero-order valence-corrected chi connectivity index (χ0v) is 23.0. The van der Waals surface area contributed by atoms with E-state index in [4.69, 9.17) is 16.2 Å². The third-order valence-electron chi connectivity index (χ3n) is 8.57.